The Balaban J connectivity index is 1.80. The lowest BCUT2D eigenvalue weighted by molar-refractivity contribution is -0.111. The van der Waals surface area contributed by atoms with Crippen molar-refractivity contribution in [1.29, 1.82) is 5.41 Å². The molecule has 40 heavy (non-hydrogen) atoms. The summed E-state index contributed by atoms with van der Waals surface area (Å²) >= 11 is 6.59. The molecule has 1 aliphatic carbocycles. The molecule has 1 aliphatic rings. The number of halogens is 2. The number of nitrogens with one attached hydrogen (secondary N) is 3. The highest BCUT2D eigenvalue weighted by atomic mass is 35.5. The fourth-order valence-corrected chi connectivity index (χ4v) is 6.31. The van der Waals surface area contributed by atoms with Gasteiger partial charge in [-0.25, -0.2) is 22.5 Å². The number of ketones is 1. The van der Waals surface area contributed by atoms with Gasteiger partial charge in [0.15, 0.2) is 5.78 Å². The number of aromatic amines is 1. The fraction of sp³-hybridized carbons (Fsp3) is 0.286. The van der Waals surface area contributed by atoms with Crippen molar-refractivity contribution in [3.8, 4) is 0 Å². The van der Waals surface area contributed by atoms with Crippen LogP contribution in [0.3, 0.4) is 0 Å². The topological polar surface area (TPSA) is 138 Å². The van der Waals surface area contributed by atoms with Crippen molar-refractivity contribution in [3.63, 3.8) is 0 Å². The number of carbonyl (C=O) groups excluding carboxylic acids is 2. The van der Waals surface area contributed by atoms with Crippen LogP contribution >= 0.6 is 11.6 Å². The number of hydrogen-bond donors (Lipinski definition) is 3. The molecule has 4 aromatic rings. The third kappa shape index (κ3) is 5.18. The lowest BCUT2D eigenvalue weighted by Crippen LogP contribution is -2.35. The molecule has 0 radical (unpaired) electrons. The predicted molar refractivity (Wildman–Crippen MR) is 153 cm³/mol. The van der Waals surface area contributed by atoms with Gasteiger partial charge < -0.3 is 15.0 Å². The zero-order chi connectivity index (χ0) is 28.8. The van der Waals surface area contributed by atoms with Gasteiger partial charge in [-0.15, -0.1) is 0 Å². The van der Waals surface area contributed by atoms with E-state index in [-0.39, 0.29) is 29.2 Å². The van der Waals surface area contributed by atoms with Gasteiger partial charge in [0.25, 0.3) is 5.91 Å². The van der Waals surface area contributed by atoms with Crippen LogP contribution in [0.15, 0.2) is 36.7 Å². The van der Waals surface area contributed by atoms with Gasteiger partial charge in [-0.2, -0.15) is 0 Å². The molecule has 1 saturated carbocycles. The maximum Gasteiger partial charge on any atom is 0.282 e. The zero-order valence-electron chi connectivity index (χ0n) is 21.8. The van der Waals surface area contributed by atoms with Crippen molar-refractivity contribution in [2.24, 2.45) is 0 Å². The molecule has 3 N–H and O–H groups in total. The van der Waals surface area contributed by atoms with Gasteiger partial charge in [-0.3, -0.25) is 9.59 Å². The molecule has 0 bridgehead atoms. The van der Waals surface area contributed by atoms with E-state index >= 15 is 0 Å². The van der Waals surface area contributed by atoms with Crippen LogP contribution in [0, 0.1) is 18.2 Å². The summed E-state index contributed by atoms with van der Waals surface area (Å²) < 4.78 is 44.3. The molecule has 0 unspecified atom stereocenters. The quantitative estimate of drug-likeness (QED) is 0.132. The molecule has 12 heteroatoms. The third-order valence-electron chi connectivity index (χ3n) is 6.98. The summed E-state index contributed by atoms with van der Waals surface area (Å²) in [5.41, 5.74) is 2.78. The molecule has 2 heterocycles. The first-order valence-corrected chi connectivity index (χ1v) is 14.6. The summed E-state index contributed by atoms with van der Waals surface area (Å²) in [6.45, 7) is 2.90. The summed E-state index contributed by atoms with van der Waals surface area (Å²) in [4.78, 5) is 34.0. The summed E-state index contributed by atoms with van der Waals surface area (Å²) in [6, 6.07) is 6.25. The van der Waals surface area contributed by atoms with E-state index in [1.807, 2.05) is 0 Å². The largest absolute Gasteiger partial charge is 0.345 e. The minimum atomic E-state index is -3.95. The van der Waals surface area contributed by atoms with E-state index in [1.165, 1.54) is 30.1 Å². The molecule has 0 spiro atoms. The number of rotatable bonds is 10. The van der Waals surface area contributed by atoms with E-state index in [4.69, 9.17) is 17.0 Å². The monoisotopic (exact) mass is 583 g/mol. The number of imidazole rings is 1. The van der Waals surface area contributed by atoms with Gasteiger partial charge in [-0.05, 0) is 81.1 Å². The average Bonchev–Trinajstić information content (AvgIpc) is 3.60. The fourth-order valence-electron chi connectivity index (χ4n) is 4.82. The highest BCUT2D eigenvalue weighted by Gasteiger charge is 2.38. The molecular weight excluding hydrogens is 557 g/mol. The first-order chi connectivity index (χ1) is 19.0. The van der Waals surface area contributed by atoms with Crippen molar-refractivity contribution >= 4 is 67.0 Å². The lowest BCUT2D eigenvalue weighted by Gasteiger charge is -2.15. The van der Waals surface area contributed by atoms with E-state index in [2.05, 4.69) is 14.7 Å². The van der Waals surface area contributed by atoms with Crippen molar-refractivity contribution in [2.75, 3.05) is 0 Å². The molecular formula is C28H27ClFN5O4S. The molecule has 9 nitrogen and oxygen atoms in total. The van der Waals surface area contributed by atoms with Crippen molar-refractivity contribution in [3.05, 3.63) is 69.9 Å². The number of H-pyrrole nitrogens is 1. The van der Waals surface area contributed by atoms with Gasteiger partial charge in [0.1, 0.15) is 11.5 Å². The van der Waals surface area contributed by atoms with Crippen LogP contribution in [-0.4, -0.2) is 46.1 Å². The van der Waals surface area contributed by atoms with Crippen LogP contribution in [0.25, 0.3) is 27.5 Å². The molecule has 208 valence electrons. The Labute approximate surface area is 235 Å². The molecule has 1 amide bonds. The summed E-state index contributed by atoms with van der Waals surface area (Å²) in [7, 11) is -3.95. The van der Waals surface area contributed by atoms with Gasteiger partial charge >= 0.3 is 0 Å². The molecule has 1 fully saturated rings. The first-order valence-electron chi connectivity index (χ1n) is 12.7. The van der Waals surface area contributed by atoms with E-state index in [9.17, 15) is 22.4 Å². The molecule has 2 aromatic carbocycles. The molecule has 5 rings (SSSR count). The van der Waals surface area contributed by atoms with E-state index < -0.39 is 27.0 Å². The second-order valence-electron chi connectivity index (χ2n) is 9.92. The number of nitrogens with zero attached hydrogens (tertiary/aromatic N) is 2. The molecule has 2 aromatic heterocycles. The number of unbranched alkanes of at least 4 members (excludes halogenated alkanes) is 1. The maximum absolute atomic E-state index is 15.0. The summed E-state index contributed by atoms with van der Waals surface area (Å²) in [5.74, 6) is -1.81. The van der Waals surface area contributed by atoms with E-state index in [0.29, 0.717) is 63.8 Å². The SMILES string of the molecule is CC(=O)/C(=C\CCC=N)c1c(C(=O)NS(=O)(=O)C2CC2)n(Cc2cc3[nH]cnc3cc2Cl)c2cc(F)c(C)cc12. The standard InChI is InChI=1S/C28H27ClFN5O4S/c1-15-9-20-25(12-22(15)30)35(13-17-10-23-24(11-21(17)29)33-14-32-23)27(28(37)34-40(38,39)18-6-7-18)26(20)19(16(2)36)5-3-4-8-31/h5,8-12,14,18,31H,3-4,6-7,13H2,1-2H3,(H,32,33)(H,34,37)/b19-5+,31-8?. The summed E-state index contributed by atoms with van der Waals surface area (Å²) in [5, 5.41) is 7.46. The van der Waals surface area contributed by atoms with Gasteiger partial charge in [0.2, 0.25) is 10.0 Å². The minimum Gasteiger partial charge on any atom is -0.345 e. The summed E-state index contributed by atoms with van der Waals surface area (Å²) in [6.07, 6.45) is 5.96. The Hall–Kier alpha value is -3.83. The van der Waals surface area contributed by atoms with Crippen molar-refractivity contribution in [2.45, 2.75) is 51.3 Å². The van der Waals surface area contributed by atoms with Gasteiger partial charge in [-0.1, -0.05) is 17.7 Å². The van der Waals surface area contributed by atoms with Crippen LogP contribution in [0.2, 0.25) is 5.02 Å². The Bertz CT molecular complexity index is 1840. The van der Waals surface area contributed by atoms with Crippen LogP contribution in [0.5, 0.6) is 0 Å². The number of Topliss-reactive ketones (excluding diaryl/α,β-unsaturated/α-hetero) is 1. The number of allylic oxidation sites excluding steroid dienone is 2. The average molecular weight is 584 g/mol. The Morgan fingerprint density at radius 1 is 1.25 bits per heavy atom. The van der Waals surface area contributed by atoms with Crippen molar-refractivity contribution in [1.82, 2.24) is 19.3 Å². The number of carbonyl (C=O) groups is 2. The van der Waals surface area contributed by atoms with Crippen LogP contribution in [-0.2, 0) is 21.4 Å². The number of benzene rings is 2. The first kappa shape index (κ1) is 27.7. The van der Waals surface area contributed by atoms with Gasteiger partial charge in [0.05, 0.1) is 28.1 Å². The predicted octanol–water partition coefficient (Wildman–Crippen LogP) is 5.29. The number of amides is 1. The smallest absolute Gasteiger partial charge is 0.282 e. The third-order valence-corrected chi connectivity index (χ3v) is 9.15. The Morgan fingerprint density at radius 3 is 2.67 bits per heavy atom. The Morgan fingerprint density at radius 2 is 2.00 bits per heavy atom. The van der Waals surface area contributed by atoms with Crippen LogP contribution < -0.4 is 4.72 Å². The van der Waals surface area contributed by atoms with E-state index in [1.54, 1.807) is 31.2 Å². The van der Waals surface area contributed by atoms with Crippen LogP contribution in [0.4, 0.5) is 4.39 Å². The van der Waals surface area contributed by atoms with Gasteiger partial charge in [0, 0.05) is 28.1 Å². The number of aryl methyl sites for hydroxylation is 1. The number of aromatic nitrogens is 3. The molecule has 0 aliphatic heterocycles. The molecule has 0 saturated heterocycles. The second-order valence-corrected chi connectivity index (χ2v) is 12.3. The van der Waals surface area contributed by atoms with E-state index in [0.717, 1.165) is 0 Å². The number of sulfonamides is 1. The Kier molecular flexibility index (Phi) is 7.36. The zero-order valence-corrected chi connectivity index (χ0v) is 23.4. The number of hydrogen-bond acceptors (Lipinski definition) is 6. The van der Waals surface area contributed by atoms with Crippen LogP contribution in [0.1, 0.15) is 59.8 Å². The second kappa shape index (κ2) is 10.6. The highest BCUT2D eigenvalue weighted by molar-refractivity contribution is 7.91. The highest BCUT2D eigenvalue weighted by Crippen LogP contribution is 2.37. The maximum atomic E-state index is 15.0. The normalized spacial score (nSPS) is 14.2. The minimum absolute atomic E-state index is 0.0231. The van der Waals surface area contributed by atoms with Crippen molar-refractivity contribution < 1.29 is 22.4 Å². The lowest BCUT2D eigenvalue weighted by atomic mass is 9.96. The molecule has 0 atom stereocenters. The number of fused-ring (bicyclic) bond motifs is 2.